The molecule has 0 bridgehead atoms. The van der Waals surface area contributed by atoms with Gasteiger partial charge >= 0.3 is 11.9 Å². The van der Waals surface area contributed by atoms with Crippen LogP contribution in [-0.4, -0.2) is 32.8 Å². The van der Waals surface area contributed by atoms with Crippen molar-refractivity contribution in [3.63, 3.8) is 0 Å². The van der Waals surface area contributed by atoms with Gasteiger partial charge in [-0.05, 0) is 6.92 Å². The molecule has 114 valence electrons. The van der Waals surface area contributed by atoms with Crippen LogP contribution < -0.4 is 7.80 Å². The Morgan fingerprint density at radius 3 is 2.24 bits per heavy atom. The topological polar surface area (TPSA) is 71.1 Å². The summed E-state index contributed by atoms with van der Waals surface area (Å²) in [4.78, 5) is 24.0. The number of halogens is 1. The van der Waals surface area contributed by atoms with E-state index < -0.39 is 11.9 Å². The Kier molecular flexibility index (Phi) is 6.47. The summed E-state index contributed by atoms with van der Waals surface area (Å²) in [6, 6.07) is 1.52. The highest BCUT2D eigenvalue weighted by molar-refractivity contribution is 14.1. The summed E-state index contributed by atoms with van der Waals surface area (Å²) >= 11 is 1.68. The lowest BCUT2D eigenvalue weighted by atomic mass is 9.99. The molecule has 0 saturated heterocycles. The summed E-state index contributed by atoms with van der Waals surface area (Å²) in [6.45, 7) is 5.34. The van der Waals surface area contributed by atoms with Crippen LogP contribution in [0, 0.1) is 6.92 Å². The molecule has 1 aromatic rings. The van der Waals surface area contributed by atoms with E-state index in [-0.39, 0.29) is 23.5 Å². The highest BCUT2D eigenvalue weighted by Gasteiger charge is 2.28. The van der Waals surface area contributed by atoms with E-state index in [1.165, 1.54) is 26.4 Å². The van der Waals surface area contributed by atoms with Crippen molar-refractivity contribution in [2.75, 3.05) is 20.8 Å². The van der Waals surface area contributed by atoms with Crippen LogP contribution in [0.5, 0.6) is 11.5 Å². The molecule has 0 aromatic heterocycles. The third kappa shape index (κ3) is 3.66. The smallest absolute Gasteiger partial charge is 0.342 e. The van der Waals surface area contributed by atoms with Crippen LogP contribution in [0.1, 0.15) is 26.3 Å². The summed E-state index contributed by atoms with van der Waals surface area (Å²) in [5, 5.41) is 0. The van der Waals surface area contributed by atoms with E-state index in [4.69, 9.17) is 17.3 Å². The van der Waals surface area contributed by atoms with Gasteiger partial charge in [-0.15, -0.1) is 0 Å². The molecule has 0 aliphatic carbocycles. The average molecular weight is 406 g/mol. The zero-order valence-corrected chi connectivity index (χ0v) is 14.1. The van der Waals surface area contributed by atoms with Gasteiger partial charge in [0.15, 0.2) is 23.0 Å². The van der Waals surface area contributed by atoms with Crippen molar-refractivity contribution in [3.05, 3.63) is 35.4 Å². The van der Waals surface area contributed by atoms with Crippen molar-refractivity contribution in [1.29, 1.82) is 0 Å². The van der Waals surface area contributed by atoms with Gasteiger partial charge in [0.25, 0.3) is 0 Å². The number of methoxy groups -OCH3 is 2. The summed E-state index contributed by atoms with van der Waals surface area (Å²) in [5.74, 6) is -0.814. The van der Waals surface area contributed by atoms with Crippen molar-refractivity contribution in [3.8, 4) is 11.5 Å². The quantitative estimate of drug-likeness (QED) is 0.411. The van der Waals surface area contributed by atoms with E-state index in [1.54, 1.807) is 29.9 Å². The molecule has 0 atom stereocenters. The van der Waals surface area contributed by atoms with Gasteiger partial charge in [0, 0.05) is 11.6 Å². The maximum atomic E-state index is 12.0. The molecule has 0 amide bonds. The second kappa shape index (κ2) is 7.87. The molecular formula is C14H15IO6. The minimum Gasteiger partial charge on any atom is -0.488 e. The van der Waals surface area contributed by atoms with Crippen molar-refractivity contribution >= 4 is 34.9 Å². The lowest BCUT2D eigenvalue weighted by molar-refractivity contribution is 0.0550. The first-order chi connectivity index (χ1) is 10.0. The second-order valence-corrected chi connectivity index (χ2v) is 4.35. The number of hydrogen-bond donors (Lipinski definition) is 0. The fourth-order valence-electron chi connectivity index (χ4n) is 1.74. The van der Waals surface area contributed by atoms with Gasteiger partial charge in [0.1, 0.15) is 23.7 Å². The Morgan fingerprint density at radius 1 is 1.19 bits per heavy atom. The van der Waals surface area contributed by atoms with Crippen LogP contribution in [0.25, 0.3) is 0 Å². The first kappa shape index (κ1) is 17.3. The number of carbonyl (C=O) groups excluding carboxylic acids is 2. The maximum absolute atomic E-state index is 12.0. The van der Waals surface area contributed by atoms with E-state index in [2.05, 4.69) is 6.58 Å². The minimum absolute atomic E-state index is 0.000833. The standard InChI is InChI=1S/C14H15IO6/c1-5-6-20-10-7-9(21-15)8(2)11(13(16)18-3)12(10)14(17)19-4/h5,7H,1,6H2,2-4H3. The Bertz CT molecular complexity index is 567. The molecule has 0 aliphatic heterocycles. The summed E-state index contributed by atoms with van der Waals surface area (Å²) < 4.78 is 20.1. The highest BCUT2D eigenvalue weighted by Crippen LogP contribution is 2.35. The molecule has 0 aliphatic rings. The van der Waals surface area contributed by atoms with Gasteiger partial charge in [-0.3, -0.25) is 0 Å². The number of ether oxygens (including phenoxy) is 3. The van der Waals surface area contributed by atoms with E-state index in [9.17, 15) is 9.59 Å². The lowest BCUT2D eigenvalue weighted by Gasteiger charge is -2.16. The fraction of sp³-hybridized carbons (Fsp3) is 0.286. The number of esters is 2. The Hall–Kier alpha value is -1.77. The molecule has 7 heteroatoms. The zero-order chi connectivity index (χ0) is 16.0. The zero-order valence-electron chi connectivity index (χ0n) is 11.9. The first-order valence-electron chi connectivity index (χ1n) is 5.88. The summed E-state index contributed by atoms with van der Waals surface area (Å²) in [7, 11) is 2.45. The fourth-order valence-corrected chi connectivity index (χ4v) is 2.20. The largest absolute Gasteiger partial charge is 0.488 e. The Balaban J connectivity index is 3.65. The highest BCUT2D eigenvalue weighted by atomic mass is 127. The third-order valence-corrected chi connectivity index (χ3v) is 3.20. The Morgan fingerprint density at radius 2 is 1.76 bits per heavy atom. The Labute approximate surface area is 136 Å². The molecular weight excluding hydrogens is 391 g/mol. The average Bonchev–Trinajstić information content (AvgIpc) is 2.51. The van der Waals surface area contributed by atoms with Crippen LogP contribution in [0.15, 0.2) is 18.7 Å². The van der Waals surface area contributed by atoms with Crippen LogP contribution in [0.4, 0.5) is 0 Å². The van der Waals surface area contributed by atoms with E-state index in [1.807, 2.05) is 0 Å². The van der Waals surface area contributed by atoms with Crippen molar-refractivity contribution < 1.29 is 26.9 Å². The van der Waals surface area contributed by atoms with Crippen LogP contribution in [0.2, 0.25) is 0 Å². The molecule has 0 fully saturated rings. The number of hydrogen-bond acceptors (Lipinski definition) is 6. The maximum Gasteiger partial charge on any atom is 0.342 e. The number of benzene rings is 1. The summed E-state index contributed by atoms with van der Waals surface area (Å²) in [6.07, 6.45) is 1.52. The molecule has 0 heterocycles. The first-order valence-corrected chi connectivity index (χ1v) is 6.76. The van der Waals surface area contributed by atoms with Crippen LogP contribution in [0.3, 0.4) is 0 Å². The number of rotatable bonds is 6. The molecule has 0 spiro atoms. The molecule has 6 nitrogen and oxygen atoms in total. The van der Waals surface area contributed by atoms with Crippen LogP contribution >= 0.6 is 23.0 Å². The number of carbonyl (C=O) groups is 2. The molecule has 0 radical (unpaired) electrons. The van der Waals surface area contributed by atoms with Gasteiger partial charge in [0.05, 0.1) is 19.8 Å². The van der Waals surface area contributed by atoms with Crippen molar-refractivity contribution in [1.82, 2.24) is 0 Å². The van der Waals surface area contributed by atoms with Gasteiger partial charge in [-0.2, -0.15) is 0 Å². The molecule has 0 unspecified atom stereocenters. The van der Waals surface area contributed by atoms with Gasteiger partial charge in [0.2, 0.25) is 0 Å². The monoisotopic (exact) mass is 406 g/mol. The SMILES string of the molecule is C=CCOc1cc(OI)c(C)c(C(=O)OC)c1C(=O)OC. The van der Waals surface area contributed by atoms with Crippen LogP contribution in [-0.2, 0) is 9.47 Å². The van der Waals surface area contributed by atoms with E-state index in [0.717, 1.165) is 0 Å². The molecule has 21 heavy (non-hydrogen) atoms. The lowest BCUT2D eigenvalue weighted by Crippen LogP contribution is -2.16. The van der Waals surface area contributed by atoms with E-state index >= 15 is 0 Å². The predicted molar refractivity (Wildman–Crippen MR) is 84.2 cm³/mol. The second-order valence-electron chi connectivity index (χ2n) is 3.91. The van der Waals surface area contributed by atoms with Crippen molar-refractivity contribution in [2.45, 2.75) is 6.92 Å². The molecule has 1 aromatic carbocycles. The summed E-state index contributed by atoms with van der Waals surface area (Å²) in [5.41, 5.74) is 0.515. The van der Waals surface area contributed by atoms with Gasteiger partial charge < -0.3 is 17.3 Å². The molecule has 0 N–H and O–H groups in total. The van der Waals surface area contributed by atoms with E-state index in [0.29, 0.717) is 11.3 Å². The molecule has 1 rings (SSSR count). The normalized spacial score (nSPS) is 9.71. The van der Waals surface area contributed by atoms with Gasteiger partial charge in [-0.1, -0.05) is 12.7 Å². The predicted octanol–water partition coefficient (Wildman–Crippen LogP) is 2.86. The van der Waals surface area contributed by atoms with Gasteiger partial charge in [-0.25, -0.2) is 9.59 Å². The minimum atomic E-state index is -0.697. The molecule has 0 saturated carbocycles. The van der Waals surface area contributed by atoms with Crippen molar-refractivity contribution in [2.24, 2.45) is 0 Å². The third-order valence-electron chi connectivity index (χ3n) is 2.72.